The highest BCUT2D eigenvalue weighted by Crippen LogP contribution is 2.15. The average molecular weight is 218 g/mol. The van der Waals surface area contributed by atoms with Crippen LogP contribution in [0.4, 0.5) is 4.39 Å². The molecule has 0 atom stereocenters. The largest absolute Gasteiger partial charge is 0.383 e. The molecule has 0 spiro atoms. The molecule has 0 aromatic heterocycles. The maximum atomic E-state index is 12.1. The maximum Gasteiger partial charge on any atom is 0.102 e. The Hall–Kier alpha value is -0.190. The summed E-state index contributed by atoms with van der Waals surface area (Å²) in [5.74, 6) is 0.762. The molecule has 0 radical (unpaired) electrons. The molecule has 1 aliphatic heterocycles. The Kier molecular flexibility index (Phi) is 6.88. The lowest BCUT2D eigenvalue weighted by molar-refractivity contribution is 0.165. The number of piperidine rings is 1. The van der Waals surface area contributed by atoms with E-state index in [-0.39, 0.29) is 6.67 Å². The molecule has 1 heterocycles. The number of hydrogen-bond donors (Lipinski definition) is 1. The van der Waals surface area contributed by atoms with Crippen molar-refractivity contribution < 1.29 is 9.13 Å². The molecule has 1 fully saturated rings. The van der Waals surface area contributed by atoms with Crippen LogP contribution in [0.25, 0.3) is 0 Å². The van der Waals surface area contributed by atoms with Crippen LogP contribution in [0.2, 0.25) is 0 Å². The van der Waals surface area contributed by atoms with Gasteiger partial charge in [0.2, 0.25) is 0 Å². The lowest BCUT2D eigenvalue weighted by atomic mass is 9.97. The summed E-state index contributed by atoms with van der Waals surface area (Å²) in [5.41, 5.74) is 0. The van der Waals surface area contributed by atoms with Crippen molar-refractivity contribution in [1.29, 1.82) is 0 Å². The minimum atomic E-state index is -0.212. The van der Waals surface area contributed by atoms with E-state index in [1.807, 2.05) is 0 Å². The highest BCUT2D eigenvalue weighted by atomic mass is 19.1. The Morgan fingerprint density at radius 3 is 2.73 bits per heavy atom. The number of hydrogen-bond acceptors (Lipinski definition) is 3. The van der Waals surface area contributed by atoms with Crippen LogP contribution in [0, 0.1) is 5.92 Å². The van der Waals surface area contributed by atoms with Gasteiger partial charge in [-0.15, -0.1) is 0 Å². The average Bonchev–Trinajstić information content (AvgIpc) is 2.27. The first-order chi connectivity index (χ1) is 7.36. The van der Waals surface area contributed by atoms with Gasteiger partial charge >= 0.3 is 0 Å². The van der Waals surface area contributed by atoms with Crippen LogP contribution in [0.5, 0.6) is 0 Å². The van der Waals surface area contributed by atoms with Crippen molar-refractivity contribution in [3.8, 4) is 0 Å². The molecular weight excluding hydrogens is 195 g/mol. The van der Waals surface area contributed by atoms with Gasteiger partial charge in [0.1, 0.15) is 6.67 Å². The zero-order chi connectivity index (χ0) is 10.9. The van der Waals surface area contributed by atoms with Crippen molar-refractivity contribution in [1.82, 2.24) is 10.2 Å². The summed E-state index contributed by atoms with van der Waals surface area (Å²) in [6.45, 7) is 5.30. The van der Waals surface area contributed by atoms with E-state index >= 15 is 0 Å². The molecule has 1 rings (SSSR count). The molecule has 0 aromatic rings. The lowest BCUT2D eigenvalue weighted by Crippen LogP contribution is -2.38. The Balaban J connectivity index is 1.99. The van der Waals surface area contributed by atoms with E-state index in [0.29, 0.717) is 6.54 Å². The first-order valence-electron chi connectivity index (χ1n) is 5.84. The van der Waals surface area contributed by atoms with E-state index in [1.165, 1.54) is 12.8 Å². The number of nitrogens with zero attached hydrogens (tertiary/aromatic N) is 1. The van der Waals surface area contributed by atoms with E-state index in [1.54, 1.807) is 7.11 Å². The van der Waals surface area contributed by atoms with Crippen LogP contribution in [0.15, 0.2) is 0 Å². The molecule has 0 amide bonds. The summed E-state index contributed by atoms with van der Waals surface area (Å²) in [4.78, 5) is 2.21. The van der Waals surface area contributed by atoms with Gasteiger partial charge in [0.25, 0.3) is 0 Å². The zero-order valence-electron chi connectivity index (χ0n) is 9.67. The molecule has 0 aliphatic carbocycles. The second kappa shape index (κ2) is 8.02. The van der Waals surface area contributed by atoms with Crippen molar-refractivity contribution in [3.05, 3.63) is 0 Å². The third-order valence-corrected chi connectivity index (χ3v) is 3.02. The Labute approximate surface area is 92.0 Å². The summed E-state index contributed by atoms with van der Waals surface area (Å²) in [6.07, 6.45) is 2.39. The molecule has 0 saturated carbocycles. The standard InChI is InChI=1S/C11H23FN2O/c1-15-9-5-13-10-11-2-6-14(7-3-11)8-4-12/h11,13H,2-10H2,1H3. The molecule has 0 aromatic carbocycles. The van der Waals surface area contributed by atoms with Gasteiger partial charge in [0.05, 0.1) is 6.61 Å². The Morgan fingerprint density at radius 2 is 2.13 bits per heavy atom. The predicted octanol–water partition coefficient (Wildman–Crippen LogP) is 0.904. The van der Waals surface area contributed by atoms with E-state index in [4.69, 9.17) is 4.74 Å². The topological polar surface area (TPSA) is 24.5 Å². The van der Waals surface area contributed by atoms with Gasteiger partial charge in [-0.2, -0.15) is 0 Å². The lowest BCUT2D eigenvalue weighted by Gasteiger charge is -2.31. The third-order valence-electron chi connectivity index (χ3n) is 3.02. The van der Waals surface area contributed by atoms with Crippen molar-refractivity contribution in [2.75, 3.05) is 53.1 Å². The SMILES string of the molecule is COCCNCC1CCN(CCF)CC1. The molecule has 1 saturated heterocycles. The van der Waals surface area contributed by atoms with Crippen LogP contribution < -0.4 is 5.32 Å². The molecule has 1 N–H and O–H groups in total. The van der Waals surface area contributed by atoms with Crippen molar-refractivity contribution in [3.63, 3.8) is 0 Å². The van der Waals surface area contributed by atoms with Gasteiger partial charge < -0.3 is 15.0 Å². The number of rotatable bonds is 7. The summed E-state index contributed by atoms with van der Waals surface area (Å²) in [7, 11) is 1.72. The molecular formula is C11H23FN2O. The van der Waals surface area contributed by atoms with Crippen molar-refractivity contribution in [2.45, 2.75) is 12.8 Å². The normalized spacial score (nSPS) is 19.6. The summed E-state index contributed by atoms with van der Waals surface area (Å²) >= 11 is 0. The van der Waals surface area contributed by atoms with E-state index in [9.17, 15) is 4.39 Å². The first-order valence-corrected chi connectivity index (χ1v) is 5.84. The maximum absolute atomic E-state index is 12.1. The fourth-order valence-electron chi connectivity index (χ4n) is 2.01. The van der Waals surface area contributed by atoms with Crippen LogP contribution in [0.3, 0.4) is 0 Å². The van der Waals surface area contributed by atoms with Gasteiger partial charge in [-0.1, -0.05) is 0 Å². The van der Waals surface area contributed by atoms with Crippen LogP contribution in [-0.2, 0) is 4.74 Å². The summed E-state index contributed by atoms with van der Waals surface area (Å²) < 4.78 is 17.1. The fourth-order valence-corrected chi connectivity index (χ4v) is 2.01. The molecule has 3 nitrogen and oxygen atoms in total. The molecule has 15 heavy (non-hydrogen) atoms. The minimum absolute atomic E-state index is 0.212. The van der Waals surface area contributed by atoms with Gasteiger partial charge in [-0.25, -0.2) is 4.39 Å². The van der Waals surface area contributed by atoms with Gasteiger partial charge in [0.15, 0.2) is 0 Å². The number of alkyl halides is 1. The number of nitrogens with one attached hydrogen (secondary N) is 1. The molecule has 0 bridgehead atoms. The Bertz CT molecular complexity index is 147. The third kappa shape index (κ3) is 5.44. The smallest absolute Gasteiger partial charge is 0.102 e. The Morgan fingerprint density at radius 1 is 1.40 bits per heavy atom. The summed E-state index contributed by atoms with van der Waals surface area (Å²) in [6, 6.07) is 0. The number of halogens is 1. The van der Waals surface area contributed by atoms with Crippen LogP contribution in [0.1, 0.15) is 12.8 Å². The van der Waals surface area contributed by atoms with Gasteiger partial charge in [-0.05, 0) is 38.4 Å². The van der Waals surface area contributed by atoms with Crippen LogP contribution in [-0.4, -0.2) is 58.0 Å². The predicted molar refractivity (Wildman–Crippen MR) is 59.9 cm³/mol. The highest BCUT2D eigenvalue weighted by Gasteiger charge is 2.17. The number of likely N-dealkylation sites (tertiary alicyclic amines) is 1. The van der Waals surface area contributed by atoms with E-state index in [0.717, 1.165) is 38.7 Å². The van der Waals surface area contributed by atoms with Crippen molar-refractivity contribution in [2.24, 2.45) is 5.92 Å². The molecule has 4 heteroatoms. The fraction of sp³-hybridized carbons (Fsp3) is 1.00. The summed E-state index contributed by atoms with van der Waals surface area (Å²) in [5, 5.41) is 3.39. The quantitative estimate of drug-likeness (QED) is 0.643. The second-order valence-corrected chi connectivity index (χ2v) is 4.17. The highest BCUT2D eigenvalue weighted by molar-refractivity contribution is 4.73. The molecule has 90 valence electrons. The van der Waals surface area contributed by atoms with E-state index < -0.39 is 0 Å². The number of ether oxygens (including phenoxy) is 1. The minimum Gasteiger partial charge on any atom is -0.383 e. The van der Waals surface area contributed by atoms with E-state index in [2.05, 4.69) is 10.2 Å². The molecule has 0 unspecified atom stereocenters. The zero-order valence-corrected chi connectivity index (χ0v) is 9.67. The van der Waals surface area contributed by atoms with Crippen molar-refractivity contribution >= 4 is 0 Å². The van der Waals surface area contributed by atoms with Gasteiger partial charge in [-0.3, -0.25) is 0 Å². The van der Waals surface area contributed by atoms with Gasteiger partial charge in [0, 0.05) is 20.2 Å². The monoisotopic (exact) mass is 218 g/mol. The molecule has 1 aliphatic rings. The van der Waals surface area contributed by atoms with Crippen LogP contribution >= 0.6 is 0 Å². The second-order valence-electron chi connectivity index (χ2n) is 4.17. The first kappa shape index (κ1) is 12.9. The number of methoxy groups -OCH3 is 1.